The van der Waals surface area contributed by atoms with E-state index < -0.39 is 0 Å². The van der Waals surface area contributed by atoms with Crippen LogP contribution in [0.5, 0.6) is 0 Å². The zero-order chi connectivity index (χ0) is 15.1. The zero-order valence-corrected chi connectivity index (χ0v) is 14.5. The number of carbonyl (C=O) groups excluding carboxylic acids is 1. The standard InChI is InChI=1S/C15H22BrClN2O/c1-4-10(2)19-15(20)7-8-18-11(3)13-6-5-12(16)9-14(13)17/h5-6,9-11,18H,4,7-8H2,1-3H3,(H,19,20). The van der Waals surface area contributed by atoms with Crippen molar-refractivity contribution in [2.24, 2.45) is 0 Å². The molecule has 0 aliphatic heterocycles. The number of hydrogen-bond donors (Lipinski definition) is 2. The minimum Gasteiger partial charge on any atom is -0.354 e. The van der Waals surface area contributed by atoms with Gasteiger partial charge in [-0.15, -0.1) is 0 Å². The molecule has 5 heteroatoms. The fourth-order valence-corrected chi connectivity index (χ4v) is 2.65. The molecule has 0 heterocycles. The summed E-state index contributed by atoms with van der Waals surface area (Å²) >= 11 is 9.59. The van der Waals surface area contributed by atoms with E-state index in [1.807, 2.05) is 32.0 Å². The van der Waals surface area contributed by atoms with Crippen molar-refractivity contribution >= 4 is 33.4 Å². The van der Waals surface area contributed by atoms with Gasteiger partial charge in [-0.05, 0) is 38.0 Å². The lowest BCUT2D eigenvalue weighted by atomic mass is 10.1. The predicted octanol–water partition coefficient (Wildman–Crippen LogP) is 4.06. The molecule has 0 radical (unpaired) electrons. The molecule has 1 rings (SSSR count). The average molecular weight is 362 g/mol. The number of hydrogen-bond acceptors (Lipinski definition) is 2. The lowest BCUT2D eigenvalue weighted by molar-refractivity contribution is -0.121. The van der Waals surface area contributed by atoms with E-state index in [4.69, 9.17) is 11.6 Å². The Morgan fingerprint density at radius 1 is 1.40 bits per heavy atom. The third-order valence-corrected chi connectivity index (χ3v) is 4.07. The van der Waals surface area contributed by atoms with Gasteiger partial charge in [0, 0.05) is 34.5 Å². The van der Waals surface area contributed by atoms with E-state index in [1.165, 1.54) is 0 Å². The van der Waals surface area contributed by atoms with E-state index in [-0.39, 0.29) is 18.0 Å². The van der Waals surface area contributed by atoms with Crippen LogP contribution < -0.4 is 10.6 Å². The second-order valence-electron chi connectivity index (χ2n) is 4.97. The van der Waals surface area contributed by atoms with E-state index in [0.717, 1.165) is 21.5 Å². The van der Waals surface area contributed by atoms with Gasteiger partial charge >= 0.3 is 0 Å². The van der Waals surface area contributed by atoms with Crippen LogP contribution in [0.25, 0.3) is 0 Å². The summed E-state index contributed by atoms with van der Waals surface area (Å²) in [5.41, 5.74) is 1.04. The smallest absolute Gasteiger partial charge is 0.221 e. The Balaban J connectivity index is 2.40. The quantitative estimate of drug-likeness (QED) is 0.769. The Kier molecular flexibility index (Phi) is 7.56. The van der Waals surface area contributed by atoms with Crippen LogP contribution in [0.4, 0.5) is 0 Å². The monoisotopic (exact) mass is 360 g/mol. The predicted molar refractivity (Wildman–Crippen MR) is 88.1 cm³/mol. The number of nitrogens with one attached hydrogen (secondary N) is 2. The molecule has 1 aromatic carbocycles. The first-order chi connectivity index (χ1) is 9.43. The lowest BCUT2D eigenvalue weighted by Gasteiger charge is -2.16. The molecule has 0 fully saturated rings. The number of benzene rings is 1. The largest absolute Gasteiger partial charge is 0.354 e. The molecule has 1 amide bonds. The first kappa shape index (κ1) is 17.5. The van der Waals surface area contributed by atoms with Gasteiger partial charge in [0.05, 0.1) is 0 Å². The molecule has 2 N–H and O–H groups in total. The van der Waals surface area contributed by atoms with Crippen molar-refractivity contribution in [1.29, 1.82) is 0 Å². The van der Waals surface area contributed by atoms with Crippen molar-refractivity contribution in [3.8, 4) is 0 Å². The maximum absolute atomic E-state index is 11.7. The summed E-state index contributed by atoms with van der Waals surface area (Å²) in [5.74, 6) is 0.0842. The lowest BCUT2D eigenvalue weighted by Crippen LogP contribution is -2.34. The van der Waals surface area contributed by atoms with Gasteiger partial charge in [-0.25, -0.2) is 0 Å². The molecule has 0 spiro atoms. The van der Waals surface area contributed by atoms with E-state index in [2.05, 4.69) is 33.5 Å². The van der Waals surface area contributed by atoms with Crippen molar-refractivity contribution in [2.45, 2.75) is 45.7 Å². The summed E-state index contributed by atoms with van der Waals surface area (Å²) in [6.07, 6.45) is 1.42. The van der Waals surface area contributed by atoms with Gasteiger partial charge in [0.1, 0.15) is 0 Å². The highest BCUT2D eigenvalue weighted by Gasteiger charge is 2.10. The van der Waals surface area contributed by atoms with E-state index >= 15 is 0 Å². The molecule has 0 bridgehead atoms. The molecule has 0 aromatic heterocycles. The van der Waals surface area contributed by atoms with Crippen LogP contribution in [0.3, 0.4) is 0 Å². The van der Waals surface area contributed by atoms with Gasteiger partial charge in [0.25, 0.3) is 0 Å². The van der Waals surface area contributed by atoms with E-state index in [1.54, 1.807) is 0 Å². The Morgan fingerprint density at radius 3 is 2.70 bits per heavy atom. The highest BCUT2D eigenvalue weighted by molar-refractivity contribution is 9.10. The average Bonchev–Trinajstić information content (AvgIpc) is 2.38. The number of carbonyl (C=O) groups is 1. The molecule has 0 saturated carbocycles. The Morgan fingerprint density at radius 2 is 2.10 bits per heavy atom. The van der Waals surface area contributed by atoms with Crippen molar-refractivity contribution in [1.82, 2.24) is 10.6 Å². The molecule has 20 heavy (non-hydrogen) atoms. The molecular formula is C15H22BrClN2O. The normalized spacial score (nSPS) is 13.8. The third kappa shape index (κ3) is 5.81. The zero-order valence-electron chi connectivity index (χ0n) is 12.2. The fourth-order valence-electron chi connectivity index (χ4n) is 1.81. The van der Waals surface area contributed by atoms with Crippen LogP contribution in [-0.2, 0) is 4.79 Å². The van der Waals surface area contributed by atoms with E-state index in [9.17, 15) is 4.79 Å². The molecule has 2 atom stereocenters. The van der Waals surface area contributed by atoms with Crippen molar-refractivity contribution in [3.05, 3.63) is 33.3 Å². The van der Waals surface area contributed by atoms with Gasteiger partial charge in [-0.3, -0.25) is 4.79 Å². The fraction of sp³-hybridized carbons (Fsp3) is 0.533. The highest BCUT2D eigenvalue weighted by atomic mass is 79.9. The molecular weight excluding hydrogens is 340 g/mol. The SMILES string of the molecule is CCC(C)NC(=O)CCNC(C)c1ccc(Br)cc1Cl. The minimum atomic E-state index is 0.0842. The van der Waals surface area contributed by atoms with Crippen LogP contribution in [-0.4, -0.2) is 18.5 Å². The van der Waals surface area contributed by atoms with Crippen molar-refractivity contribution < 1.29 is 4.79 Å². The summed E-state index contributed by atoms with van der Waals surface area (Å²) in [7, 11) is 0. The van der Waals surface area contributed by atoms with Gasteiger partial charge in [-0.2, -0.15) is 0 Å². The highest BCUT2D eigenvalue weighted by Crippen LogP contribution is 2.26. The van der Waals surface area contributed by atoms with Gasteiger partial charge in [0.2, 0.25) is 5.91 Å². The summed E-state index contributed by atoms with van der Waals surface area (Å²) in [4.78, 5) is 11.7. The second kappa shape index (κ2) is 8.65. The first-order valence-corrected chi connectivity index (χ1v) is 8.08. The summed E-state index contributed by atoms with van der Waals surface area (Å²) < 4.78 is 0.964. The van der Waals surface area contributed by atoms with Crippen molar-refractivity contribution in [2.75, 3.05) is 6.54 Å². The van der Waals surface area contributed by atoms with Crippen LogP contribution >= 0.6 is 27.5 Å². The first-order valence-electron chi connectivity index (χ1n) is 6.91. The Labute approximate surface area is 134 Å². The molecule has 0 saturated heterocycles. The number of rotatable bonds is 7. The van der Waals surface area contributed by atoms with Crippen molar-refractivity contribution in [3.63, 3.8) is 0 Å². The van der Waals surface area contributed by atoms with Crippen LogP contribution in [0, 0.1) is 0 Å². The molecule has 0 aliphatic rings. The maximum atomic E-state index is 11.7. The molecule has 2 unspecified atom stereocenters. The van der Waals surface area contributed by atoms with Crippen LogP contribution in [0.15, 0.2) is 22.7 Å². The second-order valence-corrected chi connectivity index (χ2v) is 6.29. The Bertz CT molecular complexity index is 453. The van der Waals surface area contributed by atoms with Crippen LogP contribution in [0.2, 0.25) is 5.02 Å². The Hall–Kier alpha value is -0.580. The third-order valence-electron chi connectivity index (χ3n) is 3.25. The number of amides is 1. The van der Waals surface area contributed by atoms with Gasteiger partial charge in [0.15, 0.2) is 0 Å². The molecule has 1 aromatic rings. The number of halogens is 2. The minimum absolute atomic E-state index is 0.0842. The van der Waals surface area contributed by atoms with Gasteiger partial charge in [-0.1, -0.05) is 40.5 Å². The van der Waals surface area contributed by atoms with Crippen LogP contribution in [0.1, 0.15) is 45.2 Å². The molecule has 0 aliphatic carbocycles. The summed E-state index contributed by atoms with van der Waals surface area (Å²) in [5, 5.41) is 7.00. The summed E-state index contributed by atoms with van der Waals surface area (Å²) in [6, 6.07) is 6.19. The van der Waals surface area contributed by atoms with E-state index in [0.29, 0.717) is 13.0 Å². The summed E-state index contributed by atoms with van der Waals surface area (Å²) in [6.45, 7) is 6.74. The molecule has 3 nitrogen and oxygen atoms in total. The molecule has 112 valence electrons. The maximum Gasteiger partial charge on any atom is 0.221 e. The van der Waals surface area contributed by atoms with Gasteiger partial charge < -0.3 is 10.6 Å². The topological polar surface area (TPSA) is 41.1 Å².